The molecule has 1 aliphatic heterocycles. The molecule has 3 rings (SSSR count). The number of carbonyl (C=O) groups excluding carboxylic acids is 1. The van der Waals surface area contributed by atoms with Gasteiger partial charge in [-0.25, -0.2) is 0 Å². The van der Waals surface area contributed by atoms with E-state index in [9.17, 15) is 4.79 Å². The van der Waals surface area contributed by atoms with Gasteiger partial charge < -0.3 is 10.1 Å². The number of hydrogen-bond donors (Lipinski definition) is 1. The summed E-state index contributed by atoms with van der Waals surface area (Å²) in [5.74, 6) is 0.921. The summed E-state index contributed by atoms with van der Waals surface area (Å²) in [7, 11) is 0. The molecule has 0 radical (unpaired) electrons. The Hall–Kier alpha value is -2.08. The van der Waals surface area contributed by atoms with Gasteiger partial charge in [-0.3, -0.25) is 9.69 Å². The molecule has 0 spiro atoms. The van der Waals surface area contributed by atoms with Crippen molar-refractivity contribution in [1.29, 1.82) is 0 Å². The SMILES string of the molecule is O=C(/C=C/c1ccccc1)Nc1ccccc1SCCCN1CCOCC1. The van der Waals surface area contributed by atoms with E-state index >= 15 is 0 Å². The maximum Gasteiger partial charge on any atom is 0.248 e. The zero-order valence-corrected chi connectivity index (χ0v) is 16.3. The van der Waals surface area contributed by atoms with Crippen molar-refractivity contribution in [2.45, 2.75) is 11.3 Å². The van der Waals surface area contributed by atoms with Crippen LogP contribution < -0.4 is 5.32 Å². The molecule has 1 fully saturated rings. The van der Waals surface area contributed by atoms with E-state index in [0.717, 1.165) is 61.2 Å². The van der Waals surface area contributed by atoms with Gasteiger partial charge >= 0.3 is 0 Å². The second kappa shape index (κ2) is 10.9. The zero-order valence-electron chi connectivity index (χ0n) is 15.5. The molecule has 0 aliphatic carbocycles. The van der Waals surface area contributed by atoms with E-state index < -0.39 is 0 Å². The van der Waals surface area contributed by atoms with Gasteiger partial charge in [0, 0.05) is 24.1 Å². The first-order chi connectivity index (χ1) is 13.3. The number of morpholine rings is 1. The molecule has 27 heavy (non-hydrogen) atoms. The summed E-state index contributed by atoms with van der Waals surface area (Å²) in [6.07, 6.45) is 4.53. The summed E-state index contributed by atoms with van der Waals surface area (Å²) in [6.45, 7) is 4.86. The molecule has 0 bridgehead atoms. The number of amides is 1. The van der Waals surface area contributed by atoms with Crippen LogP contribution in [0.1, 0.15) is 12.0 Å². The molecular weight excluding hydrogens is 356 g/mol. The molecule has 5 heteroatoms. The maximum absolute atomic E-state index is 12.2. The Labute approximate surface area is 165 Å². The number of thioether (sulfide) groups is 1. The molecule has 2 aromatic rings. The van der Waals surface area contributed by atoms with Crippen LogP contribution in [0.25, 0.3) is 6.08 Å². The van der Waals surface area contributed by atoms with Gasteiger partial charge in [-0.2, -0.15) is 0 Å². The normalized spacial score (nSPS) is 15.1. The van der Waals surface area contributed by atoms with Crippen molar-refractivity contribution in [3.8, 4) is 0 Å². The Bertz CT molecular complexity index is 743. The predicted octanol–water partition coefficient (Wildman–Crippen LogP) is 4.15. The Morgan fingerprint density at radius 1 is 1.07 bits per heavy atom. The molecular formula is C22H26N2O2S. The number of anilines is 1. The van der Waals surface area contributed by atoms with Crippen molar-refractivity contribution >= 4 is 29.4 Å². The summed E-state index contributed by atoms with van der Waals surface area (Å²) in [5, 5.41) is 3.00. The van der Waals surface area contributed by atoms with E-state index in [1.165, 1.54) is 0 Å². The highest BCUT2D eigenvalue weighted by molar-refractivity contribution is 7.99. The first-order valence-electron chi connectivity index (χ1n) is 9.37. The highest BCUT2D eigenvalue weighted by atomic mass is 32.2. The van der Waals surface area contributed by atoms with Crippen molar-refractivity contribution in [1.82, 2.24) is 4.90 Å². The fourth-order valence-corrected chi connectivity index (χ4v) is 3.84. The number of carbonyl (C=O) groups is 1. The van der Waals surface area contributed by atoms with Gasteiger partial charge in [-0.05, 0) is 42.5 Å². The maximum atomic E-state index is 12.2. The topological polar surface area (TPSA) is 41.6 Å². The summed E-state index contributed by atoms with van der Waals surface area (Å²) in [4.78, 5) is 15.8. The number of nitrogens with zero attached hydrogens (tertiary/aromatic N) is 1. The highest BCUT2D eigenvalue weighted by Crippen LogP contribution is 2.27. The molecule has 1 saturated heterocycles. The van der Waals surface area contributed by atoms with Crippen LogP contribution in [0.4, 0.5) is 5.69 Å². The van der Waals surface area contributed by atoms with Gasteiger partial charge in [0.2, 0.25) is 5.91 Å². The third-order valence-corrected chi connectivity index (χ3v) is 5.51. The van der Waals surface area contributed by atoms with Gasteiger partial charge in [-0.15, -0.1) is 11.8 Å². The largest absolute Gasteiger partial charge is 0.379 e. The van der Waals surface area contributed by atoms with Crippen LogP contribution in [0.15, 0.2) is 65.6 Å². The minimum atomic E-state index is -0.111. The van der Waals surface area contributed by atoms with Gasteiger partial charge in [0.15, 0.2) is 0 Å². The first-order valence-corrected chi connectivity index (χ1v) is 10.4. The average molecular weight is 383 g/mol. The summed E-state index contributed by atoms with van der Waals surface area (Å²) in [5.41, 5.74) is 1.88. The van der Waals surface area contributed by atoms with E-state index in [1.807, 2.05) is 54.6 Å². The summed E-state index contributed by atoms with van der Waals surface area (Å²) in [6, 6.07) is 17.8. The van der Waals surface area contributed by atoms with Gasteiger partial charge in [0.05, 0.1) is 18.9 Å². The molecule has 0 unspecified atom stereocenters. The van der Waals surface area contributed by atoms with Crippen molar-refractivity contribution in [2.75, 3.05) is 43.9 Å². The molecule has 1 amide bonds. The average Bonchev–Trinajstić information content (AvgIpc) is 2.72. The van der Waals surface area contributed by atoms with E-state index in [0.29, 0.717) is 0 Å². The molecule has 1 N–H and O–H groups in total. The van der Waals surface area contributed by atoms with E-state index in [4.69, 9.17) is 4.74 Å². The van der Waals surface area contributed by atoms with Crippen molar-refractivity contribution in [2.24, 2.45) is 0 Å². The first kappa shape index (κ1) is 19.7. The molecule has 0 atom stereocenters. The van der Waals surface area contributed by atoms with Crippen molar-refractivity contribution in [3.05, 3.63) is 66.2 Å². The number of hydrogen-bond acceptors (Lipinski definition) is 4. The lowest BCUT2D eigenvalue weighted by molar-refractivity contribution is -0.111. The minimum absolute atomic E-state index is 0.111. The Morgan fingerprint density at radius 2 is 1.81 bits per heavy atom. The minimum Gasteiger partial charge on any atom is -0.379 e. The quantitative estimate of drug-likeness (QED) is 0.423. The van der Waals surface area contributed by atoms with Crippen molar-refractivity contribution < 1.29 is 9.53 Å². The number of benzene rings is 2. The standard InChI is InChI=1S/C22H26N2O2S/c25-22(12-11-19-7-2-1-3-8-19)23-20-9-4-5-10-21(20)27-18-6-13-24-14-16-26-17-15-24/h1-5,7-12H,6,13-18H2,(H,23,25)/b12-11+. The molecule has 0 saturated carbocycles. The van der Waals surface area contributed by atoms with Crippen LogP contribution >= 0.6 is 11.8 Å². The summed E-state index contributed by atoms with van der Waals surface area (Å²) >= 11 is 1.80. The third kappa shape index (κ3) is 6.86. The molecule has 1 aliphatic rings. The lowest BCUT2D eigenvalue weighted by atomic mass is 10.2. The van der Waals surface area contributed by atoms with Crippen LogP contribution in [0, 0.1) is 0 Å². The Morgan fingerprint density at radius 3 is 2.63 bits per heavy atom. The lowest BCUT2D eigenvalue weighted by Crippen LogP contribution is -2.36. The van der Waals surface area contributed by atoms with Gasteiger partial charge in [0.1, 0.15) is 0 Å². The van der Waals surface area contributed by atoms with E-state index in [1.54, 1.807) is 17.8 Å². The van der Waals surface area contributed by atoms with E-state index in [2.05, 4.69) is 16.3 Å². The van der Waals surface area contributed by atoms with Crippen LogP contribution in [0.2, 0.25) is 0 Å². The molecule has 2 aromatic carbocycles. The number of para-hydroxylation sites is 1. The zero-order chi connectivity index (χ0) is 18.7. The number of nitrogens with one attached hydrogen (secondary N) is 1. The fourth-order valence-electron chi connectivity index (χ4n) is 2.90. The molecule has 1 heterocycles. The predicted molar refractivity (Wildman–Crippen MR) is 113 cm³/mol. The van der Waals surface area contributed by atoms with Gasteiger partial charge in [0.25, 0.3) is 0 Å². The fraction of sp³-hybridized carbons (Fsp3) is 0.318. The second-order valence-corrected chi connectivity index (χ2v) is 7.52. The van der Waals surface area contributed by atoms with Crippen LogP contribution in [-0.2, 0) is 9.53 Å². The molecule has 142 valence electrons. The number of rotatable bonds is 8. The smallest absolute Gasteiger partial charge is 0.248 e. The third-order valence-electron chi connectivity index (χ3n) is 4.35. The second-order valence-electron chi connectivity index (χ2n) is 6.39. The molecule has 4 nitrogen and oxygen atoms in total. The van der Waals surface area contributed by atoms with Gasteiger partial charge in [-0.1, -0.05) is 42.5 Å². The van der Waals surface area contributed by atoms with Crippen LogP contribution in [0.3, 0.4) is 0 Å². The monoisotopic (exact) mass is 382 g/mol. The Balaban J connectivity index is 1.48. The van der Waals surface area contributed by atoms with Crippen LogP contribution in [0.5, 0.6) is 0 Å². The van der Waals surface area contributed by atoms with Crippen LogP contribution in [-0.4, -0.2) is 49.4 Å². The van der Waals surface area contributed by atoms with Crippen molar-refractivity contribution in [3.63, 3.8) is 0 Å². The number of ether oxygens (including phenoxy) is 1. The highest BCUT2D eigenvalue weighted by Gasteiger charge is 2.10. The Kier molecular flexibility index (Phi) is 7.96. The summed E-state index contributed by atoms with van der Waals surface area (Å²) < 4.78 is 5.38. The lowest BCUT2D eigenvalue weighted by Gasteiger charge is -2.26. The van der Waals surface area contributed by atoms with E-state index in [-0.39, 0.29) is 5.91 Å². The molecule has 0 aromatic heterocycles.